The Kier molecular flexibility index (Phi) is 4.69. The molecule has 0 bridgehead atoms. The predicted octanol–water partition coefficient (Wildman–Crippen LogP) is 6.17. The van der Waals surface area contributed by atoms with E-state index in [1.165, 1.54) is 5.57 Å². The number of fused-ring (bicyclic) bond motifs is 4. The third-order valence-corrected chi connectivity index (χ3v) is 11.9. The van der Waals surface area contributed by atoms with E-state index in [0.717, 1.165) is 31.4 Å². The van der Waals surface area contributed by atoms with Gasteiger partial charge in [0.25, 0.3) is 0 Å². The molecule has 0 aliphatic heterocycles. The highest BCUT2D eigenvalue weighted by Crippen LogP contribution is 2.52. The Morgan fingerprint density at radius 3 is 2.25 bits per heavy atom. The smallest absolute Gasteiger partial charge is 0.250 e. The minimum Gasteiger partial charge on any atom is -0.547 e. The van der Waals surface area contributed by atoms with Gasteiger partial charge in [0, 0.05) is 29.4 Å². The van der Waals surface area contributed by atoms with Crippen molar-refractivity contribution in [1.82, 2.24) is 0 Å². The van der Waals surface area contributed by atoms with Gasteiger partial charge in [0.05, 0.1) is 5.76 Å². The first-order valence-corrected chi connectivity index (χ1v) is 13.6. The Labute approximate surface area is 169 Å². The summed E-state index contributed by atoms with van der Waals surface area (Å²) in [5.74, 6) is 1.10. The molecule has 0 heterocycles. The number of ketones is 2. The van der Waals surface area contributed by atoms with Crippen molar-refractivity contribution in [2.24, 2.45) is 17.8 Å². The van der Waals surface area contributed by atoms with E-state index in [0.29, 0.717) is 17.5 Å². The Morgan fingerprint density at radius 2 is 1.61 bits per heavy atom. The quantitative estimate of drug-likeness (QED) is 0.562. The second kappa shape index (κ2) is 6.69. The van der Waals surface area contributed by atoms with Crippen LogP contribution in [-0.2, 0) is 4.43 Å². The van der Waals surface area contributed by atoms with Crippen molar-refractivity contribution in [3.8, 4) is 0 Å². The molecule has 1 unspecified atom stereocenters. The van der Waals surface area contributed by atoms with Gasteiger partial charge in [0.1, 0.15) is 0 Å². The highest BCUT2D eigenvalue weighted by Gasteiger charge is 2.51. The number of carbonyl (C=O) groups excluding carboxylic acids is 2. The molecular formula is C24H32O3Si. The molecule has 0 spiro atoms. The summed E-state index contributed by atoms with van der Waals surface area (Å²) in [5, 5.41) is 0.112. The van der Waals surface area contributed by atoms with Crippen LogP contribution in [0, 0.1) is 17.8 Å². The monoisotopic (exact) mass is 396 g/mol. The summed E-state index contributed by atoms with van der Waals surface area (Å²) in [6.45, 7) is 11.3. The van der Waals surface area contributed by atoms with Crippen molar-refractivity contribution in [2.75, 3.05) is 0 Å². The Bertz CT molecular complexity index is 859. The van der Waals surface area contributed by atoms with E-state index in [-0.39, 0.29) is 34.4 Å². The number of hydrogen-bond acceptors (Lipinski definition) is 3. The third kappa shape index (κ3) is 3.01. The molecule has 4 heteroatoms. The zero-order valence-corrected chi connectivity index (χ0v) is 18.8. The van der Waals surface area contributed by atoms with Crippen molar-refractivity contribution in [2.45, 2.75) is 71.0 Å². The molecule has 1 aromatic carbocycles. The lowest BCUT2D eigenvalue weighted by atomic mass is 9.59. The molecule has 0 saturated heterocycles. The lowest BCUT2D eigenvalue weighted by Crippen LogP contribution is -2.47. The van der Waals surface area contributed by atoms with Crippen LogP contribution in [0.5, 0.6) is 0 Å². The van der Waals surface area contributed by atoms with E-state index in [1.54, 1.807) is 0 Å². The van der Waals surface area contributed by atoms with Gasteiger partial charge in [-0.15, -0.1) is 0 Å². The fourth-order valence-corrected chi connectivity index (χ4v) is 6.14. The van der Waals surface area contributed by atoms with Gasteiger partial charge in [-0.25, -0.2) is 0 Å². The second-order valence-corrected chi connectivity index (χ2v) is 15.0. The van der Waals surface area contributed by atoms with Crippen LogP contribution in [0.4, 0.5) is 0 Å². The van der Waals surface area contributed by atoms with Gasteiger partial charge < -0.3 is 4.43 Å². The molecule has 1 saturated carbocycles. The molecule has 0 N–H and O–H groups in total. The summed E-state index contributed by atoms with van der Waals surface area (Å²) in [7, 11) is -1.99. The second-order valence-electron chi connectivity index (χ2n) is 10.3. The first kappa shape index (κ1) is 19.6. The molecule has 3 aliphatic carbocycles. The third-order valence-electron chi connectivity index (χ3n) is 7.57. The molecule has 28 heavy (non-hydrogen) atoms. The van der Waals surface area contributed by atoms with Crippen LogP contribution in [0.3, 0.4) is 0 Å². The van der Waals surface area contributed by atoms with Gasteiger partial charge in [0.2, 0.25) is 8.32 Å². The van der Waals surface area contributed by atoms with E-state index in [9.17, 15) is 9.59 Å². The van der Waals surface area contributed by atoms with Crippen LogP contribution in [0.25, 0.3) is 0 Å². The van der Waals surface area contributed by atoms with Gasteiger partial charge in [-0.05, 0) is 48.9 Å². The summed E-state index contributed by atoms with van der Waals surface area (Å²) in [6, 6.07) is 7.39. The fourth-order valence-electron chi connectivity index (χ4n) is 5.00. The lowest BCUT2D eigenvalue weighted by molar-refractivity contribution is 0.0616. The summed E-state index contributed by atoms with van der Waals surface area (Å²) in [5.41, 5.74) is 2.59. The van der Waals surface area contributed by atoms with E-state index in [2.05, 4.69) is 33.9 Å². The maximum absolute atomic E-state index is 13.4. The van der Waals surface area contributed by atoms with Crippen LogP contribution >= 0.6 is 0 Å². The zero-order valence-electron chi connectivity index (χ0n) is 17.8. The summed E-state index contributed by atoms with van der Waals surface area (Å²) in [6.07, 6.45) is 4.91. The van der Waals surface area contributed by atoms with Gasteiger partial charge >= 0.3 is 0 Å². The maximum atomic E-state index is 13.4. The highest BCUT2D eigenvalue weighted by atomic mass is 28.4. The highest BCUT2D eigenvalue weighted by molar-refractivity contribution is 6.74. The Hall–Kier alpha value is -1.68. The fraction of sp³-hybridized carbons (Fsp3) is 0.583. The average molecular weight is 397 g/mol. The van der Waals surface area contributed by atoms with Crippen molar-refractivity contribution in [1.29, 1.82) is 0 Å². The van der Waals surface area contributed by atoms with Crippen LogP contribution < -0.4 is 0 Å². The summed E-state index contributed by atoms with van der Waals surface area (Å²) < 4.78 is 6.79. The zero-order chi connectivity index (χ0) is 20.3. The average Bonchev–Trinajstić information content (AvgIpc) is 2.65. The van der Waals surface area contributed by atoms with Crippen molar-refractivity contribution in [3.63, 3.8) is 0 Å². The molecule has 1 aromatic rings. The van der Waals surface area contributed by atoms with Crippen LogP contribution in [0.2, 0.25) is 18.1 Å². The van der Waals surface area contributed by atoms with Gasteiger partial charge in [-0.2, -0.15) is 0 Å². The van der Waals surface area contributed by atoms with Crippen molar-refractivity contribution in [3.05, 3.63) is 46.7 Å². The number of hydrogen-bond donors (Lipinski definition) is 0. The summed E-state index contributed by atoms with van der Waals surface area (Å²) in [4.78, 5) is 26.8. The van der Waals surface area contributed by atoms with Gasteiger partial charge in [-0.1, -0.05) is 51.5 Å². The number of Topliss-reactive ketones (excluding diaryl/α,β-unsaturated/α-hetero) is 2. The molecule has 3 atom stereocenters. The van der Waals surface area contributed by atoms with Crippen molar-refractivity contribution < 1.29 is 14.0 Å². The topological polar surface area (TPSA) is 43.4 Å². The van der Waals surface area contributed by atoms with Crippen molar-refractivity contribution >= 4 is 19.9 Å². The summed E-state index contributed by atoms with van der Waals surface area (Å²) >= 11 is 0. The maximum Gasteiger partial charge on any atom is 0.250 e. The molecule has 0 aromatic heterocycles. The molecule has 0 radical (unpaired) electrons. The van der Waals surface area contributed by atoms with E-state index < -0.39 is 8.32 Å². The molecule has 3 aliphatic rings. The minimum absolute atomic E-state index is 0.112. The number of rotatable bonds is 2. The predicted molar refractivity (Wildman–Crippen MR) is 114 cm³/mol. The molecule has 150 valence electrons. The van der Waals surface area contributed by atoms with E-state index in [1.807, 2.05) is 24.3 Å². The molecule has 4 rings (SSSR count). The SMILES string of the molecule is CC(C)(C)[Si](C)(C)OC1=C2CCCCC2[C@@H]2C(=O)c3ccccc3C(=O)[C@@H]2C1. The molecular weight excluding hydrogens is 364 g/mol. The van der Waals surface area contributed by atoms with Crippen LogP contribution in [-0.4, -0.2) is 19.9 Å². The molecule has 1 fully saturated rings. The van der Waals surface area contributed by atoms with Crippen LogP contribution in [0.1, 0.15) is 73.6 Å². The number of benzene rings is 1. The van der Waals surface area contributed by atoms with E-state index >= 15 is 0 Å². The Balaban J connectivity index is 1.78. The Morgan fingerprint density at radius 1 is 0.964 bits per heavy atom. The van der Waals surface area contributed by atoms with Crippen LogP contribution in [0.15, 0.2) is 35.6 Å². The molecule has 3 nitrogen and oxygen atoms in total. The number of allylic oxidation sites excluding steroid dienone is 2. The first-order valence-electron chi connectivity index (χ1n) is 10.7. The van der Waals surface area contributed by atoms with E-state index in [4.69, 9.17) is 4.43 Å². The first-order chi connectivity index (χ1) is 13.1. The largest absolute Gasteiger partial charge is 0.547 e. The normalized spacial score (nSPS) is 27.8. The molecule has 0 amide bonds. The lowest BCUT2D eigenvalue weighted by Gasteiger charge is -2.46. The standard InChI is InChI=1S/C24H32O3Si/c1-24(2,3)28(4,5)27-20-14-19-21(16-11-7-6-10-15(16)20)23(26)18-13-9-8-12-17(18)22(19)25/h8-9,12-13,16,19,21H,6-7,10-11,14H2,1-5H3/t16?,19-,21+/m1/s1. The number of carbonyl (C=O) groups is 2. The minimum atomic E-state index is -1.99. The van der Waals surface area contributed by atoms with Gasteiger partial charge in [-0.3, -0.25) is 9.59 Å². The van der Waals surface area contributed by atoms with Gasteiger partial charge in [0.15, 0.2) is 11.6 Å².